The van der Waals surface area contributed by atoms with Gasteiger partial charge < -0.3 is 34.1 Å². The second-order valence-electron chi connectivity index (χ2n) is 15.1. The zero-order valence-corrected chi connectivity index (χ0v) is 32.5. The van der Waals surface area contributed by atoms with Gasteiger partial charge in [-0.15, -0.1) is 0 Å². The Morgan fingerprint density at radius 1 is 0.723 bits per heavy atom. The van der Waals surface area contributed by atoms with Crippen LogP contribution in [-0.2, 0) is 42.8 Å². The van der Waals surface area contributed by atoms with Crippen LogP contribution in [0.5, 0.6) is 0 Å². The normalized spacial score (nSPS) is 12.6. The molecule has 9 nitrogen and oxygen atoms in total. The zero-order valence-electron chi connectivity index (χ0n) is 30.5. The Morgan fingerprint density at radius 3 is 1.85 bits per heavy atom. The van der Waals surface area contributed by atoms with E-state index in [1.807, 2.05) is 0 Å². The first-order chi connectivity index (χ1) is 21.8. The summed E-state index contributed by atoms with van der Waals surface area (Å²) in [5, 5.41) is 14.0. The highest BCUT2D eigenvalue weighted by atomic mass is 28.4. The molecule has 0 aliphatic heterocycles. The van der Waals surface area contributed by atoms with Crippen LogP contribution in [-0.4, -0.2) is 73.3 Å². The molecule has 2 amide bonds. The van der Waals surface area contributed by atoms with Crippen LogP contribution >= 0.6 is 0 Å². The molecule has 0 aromatic heterocycles. The van der Waals surface area contributed by atoms with Gasteiger partial charge in [-0.25, -0.2) is 4.79 Å². The predicted molar refractivity (Wildman–Crippen MR) is 195 cm³/mol. The molecule has 0 aliphatic carbocycles. The van der Waals surface area contributed by atoms with E-state index in [0.29, 0.717) is 19.8 Å². The molecule has 3 N–H and O–H groups in total. The van der Waals surface area contributed by atoms with Crippen LogP contribution in [0.1, 0.15) is 64.7 Å². The van der Waals surface area contributed by atoms with Gasteiger partial charge in [0.25, 0.3) is 0 Å². The number of hydrogen-bond donors (Lipinski definition) is 3. The Morgan fingerprint density at radius 2 is 1.28 bits per heavy atom. The fourth-order valence-corrected chi connectivity index (χ4v) is 6.06. The fourth-order valence-electron chi connectivity index (χ4n) is 4.14. The Balaban J connectivity index is 2.02. The number of rotatable bonds is 19. The summed E-state index contributed by atoms with van der Waals surface area (Å²) >= 11 is 0. The smallest absolute Gasteiger partial charge is 0.404 e. The average molecular weight is 689 g/mol. The number of benzene rings is 2. The van der Waals surface area contributed by atoms with Gasteiger partial charge in [0, 0.05) is 13.1 Å². The molecule has 11 heteroatoms. The summed E-state index contributed by atoms with van der Waals surface area (Å²) in [6, 6.07) is 15.3. The van der Waals surface area contributed by atoms with E-state index in [2.05, 4.69) is 121 Å². The summed E-state index contributed by atoms with van der Waals surface area (Å²) in [6.45, 7) is 25.4. The topological polar surface area (TPSA) is 115 Å². The van der Waals surface area contributed by atoms with E-state index in [-0.39, 0.29) is 49.0 Å². The van der Waals surface area contributed by atoms with Crippen LogP contribution in [0.4, 0.5) is 4.79 Å². The standard InChI is InChI=1S/C36H60N2O7Si2/c1-35(2,3)46(7,8)44-25-28-13-16-30(17-14-28)32-18-15-29(26-45-47(9,10)36(4,5)6)24-31(32)12-11-19-37-33(39)27-43-23-22-42-21-20-38-34(40)41/h13-18,24,38H,11-12,19-23,25-27H2,1-10H3,(H,37,39)(H,40,41). The SMILES string of the molecule is CC(C)(C)[Si](C)(C)OCc1ccc(-c2ccc(CO[Si](C)(C)C(C)(C)C)cc2CCCNC(=O)COCCOCCNC(=O)O)cc1. The second kappa shape index (κ2) is 18.3. The van der Waals surface area contributed by atoms with Crippen molar-refractivity contribution in [1.29, 1.82) is 0 Å². The summed E-state index contributed by atoms with van der Waals surface area (Å²) in [5.41, 5.74) is 5.90. The highest BCUT2D eigenvalue weighted by Gasteiger charge is 2.38. The molecule has 0 radical (unpaired) electrons. The van der Waals surface area contributed by atoms with Crippen molar-refractivity contribution in [3.8, 4) is 11.1 Å². The van der Waals surface area contributed by atoms with Crippen molar-refractivity contribution in [2.75, 3.05) is 39.5 Å². The molecule has 0 aliphatic rings. The maximum Gasteiger partial charge on any atom is 0.404 e. The molecule has 0 fully saturated rings. The number of carbonyl (C=O) groups is 2. The highest BCUT2D eigenvalue weighted by molar-refractivity contribution is 6.74. The molecule has 0 spiro atoms. The van der Waals surface area contributed by atoms with E-state index < -0.39 is 22.7 Å². The first-order valence-electron chi connectivity index (χ1n) is 16.7. The number of aryl methyl sites for hydroxylation is 1. The molecule has 0 heterocycles. The van der Waals surface area contributed by atoms with Crippen LogP contribution in [0, 0.1) is 0 Å². The maximum absolute atomic E-state index is 12.3. The molecule has 0 unspecified atom stereocenters. The van der Waals surface area contributed by atoms with Crippen LogP contribution < -0.4 is 10.6 Å². The van der Waals surface area contributed by atoms with Gasteiger partial charge in [0.2, 0.25) is 5.91 Å². The van der Waals surface area contributed by atoms with Crippen LogP contribution in [0.3, 0.4) is 0 Å². The highest BCUT2D eigenvalue weighted by Crippen LogP contribution is 2.38. The lowest BCUT2D eigenvalue weighted by Crippen LogP contribution is -2.40. The first kappa shape index (κ1) is 40.6. The number of carbonyl (C=O) groups excluding carboxylic acids is 1. The number of carboxylic acid groups (broad SMARTS) is 1. The third-order valence-corrected chi connectivity index (χ3v) is 18.3. The third kappa shape index (κ3) is 14.2. The quantitative estimate of drug-likeness (QED) is 0.102. The van der Waals surface area contributed by atoms with Crippen molar-refractivity contribution >= 4 is 28.6 Å². The lowest BCUT2D eigenvalue weighted by Gasteiger charge is -2.36. The van der Waals surface area contributed by atoms with E-state index in [9.17, 15) is 9.59 Å². The van der Waals surface area contributed by atoms with Gasteiger partial charge in [-0.2, -0.15) is 0 Å². The van der Waals surface area contributed by atoms with Gasteiger partial charge in [-0.05, 0) is 76.9 Å². The molecule has 2 aromatic carbocycles. The van der Waals surface area contributed by atoms with E-state index in [1.54, 1.807) is 0 Å². The second-order valence-corrected chi connectivity index (χ2v) is 24.8. The van der Waals surface area contributed by atoms with Crippen LogP contribution in [0.15, 0.2) is 42.5 Å². The minimum absolute atomic E-state index is 0.0479. The summed E-state index contributed by atoms with van der Waals surface area (Å²) < 4.78 is 23.6. The Hall–Kier alpha value is -2.55. The zero-order chi connectivity index (χ0) is 35.3. The largest absolute Gasteiger partial charge is 0.465 e. The third-order valence-electron chi connectivity index (χ3n) is 9.32. The minimum Gasteiger partial charge on any atom is -0.465 e. The molecule has 0 bridgehead atoms. The molecule has 264 valence electrons. The Bertz CT molecular complexity index is 1270. The first-order valence-corrected chi connectivity index (χ1v) is 22.5. The Labute approximate surface area is 285 Å². The molecule has 2 aromatic rings. The van der Waals surface area contributed by atoms with E-state index >= 15 is 0 Å². The molecular weight excluding hydrogens is 629 g/mol. The van der Waals surface area contributed by atoms with E-state index in [1.165, 1.54) is 16.7 Å². The summed E-state index contributed by atoms with van der Waals surface area (Å²) in [7, 11) is -3.72. The Kier molecular flexibility index (Phi) is 15.8. The van der Waals surface area contributed by atoms with Gasteiger partial charge in [0.15, 0.2) is 16.6 Å². The van der Waals surface area contributed by atoms with Crippen LogP contribution in [0.2, 0.25) is 36.3 Å². The van der Waals surface area contributed by atoms with Crippen LogP contribution in [0.25, 0.3) is 11.1 Å². The van der Waals surface area contributed by atoms with Crippen molar-refractivity contribution in [3.05, 3.63) is 59.2 Å². The number of nitrogens with one attached hydrogen (secondary N) is 2. The maximum atomic E-state index is 12.3. The van der Waals surface area contributed by atoms with Gasteiger partial charge in [0.05, 0.1) is 33.0 Å². The van der Waals surface area contributed by atoms with Gasteiger partial charge in [0.1, 0.15) is 6.61 Å². The van der Waals surface area contributed by atoms with Crippen molar-refractivity contribution in [2.24, 2.45) is 0 Å². The number of ether oxygens (including phenoxy) is 2. The fraction of sp³-hybridized carbons (Fsp3) is 0.611. The number of hydrogen-bond acceptors (Lipinski definition) is 6. The molecular formula is C36H60N2O7Si2. The van der Waals surface area contributed by atoms with E-state index in [0.717, 1.165) is 24.0 Å². The summed E-state index contributed by atoms with van der Waals surface area (Å²) in [4.78, 5) is 22.7. The molecule has 47 heavy (non-hydrogen) atoms. The molecule has 2 rings (SSSR count). The molecule has 0 saturated heterocycles. The predicted octanol–water partition coefficient (Wildman–Crippen LogP) is 7.75. The monoisotopic (exact) mass is 688 g/mol. The lowest BCUT2D eigenvalue weighted by atomic mass is 9.94. The van der Waals surface area contributed by atoms with E-state index in [4.69, 9.17) is 23.4 Å². The lowest BCUT2D eigenvalue weighted by molar-refractivity contribution is -0.126. The summed E-state index contributed by atoms with van der Waals surface area (Å²) in [5.74, 6) is -0.176. The average Bonchev–Trinajstić information content (AvgIpc) is 2.97. The minimum atomic E-state index is -1.89. The number of amides is 2. The van der Waals surface area contributed by atoms with Gasteiger partial charge >= 0.3 is 6.09 Å². The summed E-state index contributed by atoms with van der Waals surface area (Å²) in [6.07, 6.45) is 0.501. The van der Waals surface area contributed by atoms with Crippen molar-refractivity contribution in [3.63, 3.8) is 0 Å². The molecule has 0 saturated carbocycles. The molecule has 0 atom stereocenters. The van der Waals surface area contributed by atoms with Crippen molar-refractivity contribution in [1.82, 2.24) is 10.6 Å². The van der Waals surface area contributed by atoms with Gasteiger partial charge in [-0.1, -0.05) is 84.0 Å². The van der Waals surface area contributed by atoms with Crippen molar-refractivity contribution < 1.29 is 33.0 Å². The van der Waals surface area contributed by atoms with Gasteiger partial charge in [-0.3, -0.25) is 4.79 Å². The van der Waals surface area contributed by atoms with Crippen molar-refractivity contribution in [2.45, 2.75) is 104 Å².